The number of rotatable bonds is 1. The average molecular weight is 189 g/mol. The second-order valence-electron chi connectivity index (χ2n) is 2.19. The van der Waals surface area contributed by atoms with Gasteiger partial charge in [-0.3, -0.25) is 4.68 Å². The van der Waals surface area contributed by atoms with Crippen molar-refractivity contribution in [3.63, 3.8) is 0 Å². The number of hydrogen-bond donors (Lipinski definition) is 0. The molecule has 0 saturated heterocycles. The lowest BCUT2D eigenvalue weighted by molar-refractivity contribution is 0.522. The first-order valence-electron chi connectivity index (χ1n) is 2.91. The summed E-state index contributed by atoms with van der Waals surface area (Å²) in [5.74, 6) is 0. The third-order valence-corrected chi connectivity index (χ3v) is 1.74. The van der Waals surface area contributed by atoms with Crippen molar-refractivity contribution in [2.75, 3.05) is 0 Å². The van der Waals surface area contributed by atoms with Gasteiger partial charge in [-0.05, 0) is 35.8 Å². The number of halogens is 1. The molecule has 1 aromatic rings. The molecule has 0 aromatic carbocycles. The van der Waals surface area contributed by atoms with Crippen LogP contribution in [0.5, 0.6) is 0 Å². The number of hydrogen-bond acceptors (Lipinski definition) is 1. The van der Waals surface area contributed by atoms with E-state index in [0.29, 0.717) is 6.04 Å². The van der Waals surface area contributed by atoms with E-state index in [1.807, 2.05) is 10.7 Å². The van der Waals surface area contributed by atoms with Gasteiger partial charge in [0.2, 0.25) is 0 Å². The number of aromatic nitrogens is 2. The molecule has 3 heteroatoms. The minimum absolute atomic E-state index is 0.439. The van der Waals surface area contributed by atoms with Gasteiger partial charge in [0.05, 0.1) is 6.20 Å². The highest BCUT2D eigenvalue weighted by Gasteiger charge is 2.00. The highest BCUT2D eigenvalue weighted by Crippen LogP contribution is 2.12. The molecule has 0 aliphatic carbocycles. The Balaban J connectivity index is 2.94. The van der Waals surface area contributed by atoms with Crippen molar-refractivity contribution in [3.05, 3.63) is 16.9 Å². The molecule has 0 amide bonds. The monoisotopic (exact) mass is 188 g/mol. The molecule has 9 heavy (non-hydrogen) atoms. The lowest BCUT2D eigenvalue weighted by Crippen LogP contribution is -2.01. The molecule has 0 fully saturated rings. The Bertz CT molecular complexity index is 193. The topological polar surface area (TPSA) is 17.8 Å². The summed E-state index contributed by atoms with van der Waals surface area (Å²) < 4.78 is 2.96. The first kappa shape index (κ1) is 6.81. The Labute approximate surface area is 63.0 Å². The lowest BCUT2D eigenvalue weighted by Gasteiger charge is -2.05. The summed E-state index contributed by atoms with van der Waals surface area (Å²) in [7, 11) is 0. The molecule has 0 spiro atoms. The summed E-state index contributed by atoms with van der Waals surface area (Å²) in [6, 6.07) is 2.37. The van der Waals surface area contributed by atoms with Crippen molar-refractivity contribution in [3.8, 4) is 0 Å². The van der Waals surface area contributed by atoms with Gasteiger partial charge in [0.25, 0.3) is 0 Å². The van der Waals surface area contributed by atoms with Crippen molar-refractivity contribution in [2.45, 2.75) is 19.9 Å². The highest BCUT2D eigenvalue weighted by molar-refractivity contribution is 9.10. The predicted octanol–water partition coefficient (Wildman–Crippen LogP) is 2.23. The van der Waals surface area contributed by atoms with Crippen LogP contribution in [0, 0.1) is 0 Å². The van der Waals surface area contributed by atoms with E-state index in [1.54, 1.807) is 6.20 Å². The molecule has 1 heterocycles. The second kappa shape index (κ2) is 2.52. The van der Waals surface area contributed by atoms with Crippen LogP contribution in [0.1, 0.15) is 19.9 Å². The summed E-state index contributed by atoms with van der Waals surface area (Å²) in [6.07, 6.45) is 1.78. The molecule has 1 aromatic heterocycles. The molecule has 0 radical (unpaired) electrons. The first-order valence-corrected chi connectivity index (χ1v) is 3.70. The third kappa shape index (κ3) is 1.33. The second-order valence-corrected chi connectivity index (χ2v) is 3.00. The van der Waals surface area contributed by atoms with Gasteiger partial charge in [0.1, 0.15) is 4.60 Å². The van der Waals surface area contributed by atoms with Crippen molar-refractivity contribution < 1.29 is 0 Å². The molecule has 2 nitrogen and oxygen atoms in total. The quantitative estimate of drug-likeness (QED) is 0.662. The van der Waals surface area contributed by atoms with E-state index in [4.69, 9.17) is 0 Å². The third-order valence-electron chi connectivity index (χ3n) is 1.11. The van der Waals surface area contributed by atoms with Gasteiger partial charge >= 0.3 is 0 Å². The Hall–Kier alpha value is -0.310. The molecule has 0 N–H and O–H groups in total. The SMILES string of the molecule is CC(C)n1nccc1Br. The van der Waals surface area contributed by atoms with Crippen LogP contribution >= 0.6 is 15.9 Å². The highest BCUT2D eigenvalue weighted by atomic mass is 79.9. The molecular weight excluding hydrogens is 180 g/mol. The summed E-state index contributed by atoms with van der Waals surface area (Å²) in [5.41, 5.74) is 0. The van der Waals surface area contributed by atoms with E-state index in [9.17, 15) is 0 Å². The van der Waals surface area contributed by atoms with Crippen LogP contribution in [0.2, 0.25) is 0 Å². The van der Waals surface area contributed by atoms with E-state index in [1.165, 1.54) is 0 Å². The molecule has 0 unspecified atom stereocenters. The van der Waals surface area contributed by atoms with Crippen LogP contribution in [-0.2, 0) is 0 Å². The largest absolute Gasteiger partial charge is 0.256 e. The van der Waals surface area contributed by atoms with Crippen LogP contribution in [0.4, 0.5) is 0 Å². The average Bonchev–Trinajstić information content (AvgIpc) is 2.13. The molecule has 0 bridgehead atoms. The summed E-state index contributed by atoms with van der Waals surface area (Å²) in [5, 5.41) is 4.09. The molecular formula is C6H9BrN2. The van der Waals surface area contributed by atoms with Gasteiger partial charge < -0.3 is 0 Å². The fourth-order valence-electron chi connectivity index (χ4n) is 0.678. The maximum atomic E-state index is 4.09. The van der Waals surface area contributed by atoms with Crippen LogP contribution in [0.3, 0.4) is 0 Å². The fourth-order valence-corrected chi connectivity index (χ4v) is 1.30. The Morgan fingerprint density at radius 3 is 2.56 bits per heavy atom. The van der Waals surface area contributed by atoms with E-state index >= 15 is 0 Å². The van der Waals surface area contributed by atoms with E-state index < -0.39 is 0 Å². The van der Waals surface area contributed by atoms with Crippen molar-refractivity contribution in [1.29, 1.82) is 0 Å². The lowest BCUT2D eigenvalue weighted by atomic mass is 10.4. The summed E-state index contributed by atoms with van der Waals surface area (Å²) >= 11 is 3.37. The van der Waals surface area contributed by atoms with Crippen LogP contribution in [0.25, 0.3) is 0 Å². The zero-order valence-electron chi connectivity index (χ0n) is 5.50. The zero-order valence-corrected chi connectivity index (χ0v) is 7.09. The van der Waals surface area contributed by atoms with Gasteiger partial charge in [-0.2, -0.15) is 5.10 Å². The maximum Gasteiger partial charge on any atom is 0.104 e. The zero-order chi connectivity index (χ0) is 6.85. The maximum absolute atomic E-state index is 4.09. The standard InChI is InChI=1S/C6H9BrN2/c1-5(2)9-6(7)3-4-8-9/h3-5H,1-2H3. The van der Waals surface area contributed by atoms with Gasteiger partial charge in [-0.15, -0.1) is 0 Å². The predicted molar refractivity (Wildman–Crippen MR) is 40.3 cm³/mol. The van der Waals surface area contributed by atoms with Crippen molar-refractivity contribution >= 4 is 15.9 Å². The van der Waals surface area contributed by atoms with Gasteiger partial charge in [0, 0.05) is 6.04 Å². The molecule has 50 valence electrons. The molecule has 0 aliphatic rings. The molecule has 0 aliphatic heterocycles. The summed E-state index contributed by atoms with van der Waals surface area (Å²) in [6.45, 7) is 4.19. The fraction of sp³-hybridized carbons (Fsp3) is 0.500. The van der Waals surface area contributed by atoms with Crippen LogP contribution < -0.4 is 0 Å². The molecule has 0 saturated carbocycles. The summed E-state index contributed by atoms with van der Waals surface area (Å²) in [4.78, 5) is 0. The minimum atomic E-state index is 0.439. The van der Waals surface area contributed by atoms with E-state index in [0.717, 1.165) is 4.60 Å². The smallest absolute Gasteiger partial charge is 0.104 e. The van der Waals surface area contributed by atoms with Gasteiger partial charge in [-0.1, -0.05) is 0 Å². The van der Waals surface area contributed by atoms with E-state index in [2.05, 4.69) is 34.9 Å². The van der Waals surface area contributed by atoms with Crippen LogP contribution in [0.15, 0.2) is 16.9 Å². The molecule has 1 rings (SSSR count). The minimum Gasteiger partial charge on any atom is -0.256 e. The number of nitrogens with zero attached hydrogens (tertiary/aromatic N) is 2. The normalized spacial score (nSPS) is 10.7. The molecule has 0 atom stereocenters. The first-order chi connectivity index (χ1) is 4.22. The van der Waals surface area contributed by atoms with Crippen LogP contribution in [-0.4, -0.2) is 9.78 Å². The van der Waals surface area contributed by atoms with Crippen molar-refractivity contribution in [2.24, 2.45) is 0 Å². The van der Waals surface area contributed by atoms with Gasteiger partial charge in [-0.25, -0.2) is 0 Å². The Morgan fingerprint density at radius 2 is 2.33 bits per heavy atom. The van der Waals surface area contributed by atoms with Gasteiger partial charge in [0.15, 0.2) is 0 Å². The van der Waals surface area contributed by atoms with Crippen molar-refractivity contribution in [1.82, 2.24) is 9.78 Å². The van der Waals surface area contributed by atoms with E-state index in [-0.39, 0.29) is 0 Å². The Morgan fingerprint density at radius 1 is 1.67 bits per heavy atom. The Kier molecular flexibility index (Phi) is 1.90.